The van der Waals surface area contributed by atoms with Crippen molar-refractivity contribution < 1.29 is 16.8 Å². The van der Waals surface area contributed by atoms with E-state index in [4.69, 9.17) is 0 Å². The molecule has 27 heavy (non-hydrogen) atoms. The van der Waals surface area contributed by atoms with E-state index in [0.29, 0.717) is 6.42 Å². The van der Waals surface area contributed by atoms with Crippen molar-refractivity contribution in [2.45, 2.75) is 43.9 Å². The number of aryl methyl sites for hydroxylation is 4. The first kappa shape index (κ1) is 21.6. The molecule has 0 spiro atoms. The quantitative estimate of drug-likeness (QED) is 0.654. The molecule has 0 heterocycles. The minimum atomic E-state index is -3.61. The largest absolute Gasteiger partial charge is 0.240 e. The van der Waals surface area contributed by atoms with Crippen LogP contribution in [0.3, 0.4) is 0 Å². The Hall–Kier alpha value is -1.74. The smallest absolute Gasteiger partial charge is 0.211 e. The fourth-order valence-electron chi connectivity index (χ4n) is 2.43. The van der Waals surface area contributed by atoms with Crippen LogP contribution >= 0.6 is 0 Å². The van der Waals surface area contributed by atoms with E-state index >= 15 is 0 Å². The van der Waals surface area contributed by atoms with Crippen molar-refractivity contribution in [3.8, 4) is 0 Å². The van der Waals surface area contributed by atoms with Gasteiger partial charge in [-0.15, -0.1) is 0 Å². The maximum atomic E-state index is 12.3. The average molecular weight is 411 g/mol. The summed E-state index contributed by atoms with van der Waals surface area (Å²) in [5.41, 5.74) is 3.85. The van der Waals surface area contributed by atoms with Gasteiger partial charge in [-0.3, -0.25) is 0 Å². The van der Waals surface area contributed by atoms with Crippen molar-refractivity contribution in [1.82, 2.24) is 9.44 Å². The van der Waals surface area contributed by atoms with Gasteiger partial charge in [0, 0.05) is 13.1 Å². The van der Waals surface area contributed by atoms with Crippen molar-refractivity contribution in [2.75, 3.05) is 13.1 Å². The molecular formula is C19H26N2O4S2. The van der Waals surface area contributed by atoms with E-state index in [0.717, 1.165) is 22.3 Å². The molecule has 0 saturated carbocycles. The van der Waals surface area contributed by atoms with Gasteiger partial charge in [-0.05, 0) is 80.6 Å². The second-order valence-electron chi connectivity index (χ2n) is 6.64. The standard InChI is InChI=1S/C19H26N2O4S2/c1-14-6-8-18(12-16(14)3)26(22,23)20-10-5-11-21-27(24,25)19-9-7-15(2)17(4)13-19/h6-9,12-13,20-21H,5,10-11H2,1-4H3. The number of hydrogen-bond acceptors (Lipinski definition) is 4. The lowest BCUT2D eigenvalue weighted by Crippen LogP contribution is -2.30. The zero-order valence-corrected chi connectivity index (χ0v) is 17.7. The average Bonchev–Trinajstić information content (AvgIpc) is 2.59. The summed E-state index contributed by atoms with van der Waals surface area (Å²) in [4.78, 5) is 0.419. The van der Waals surface area contributed by atoms with Crippen molar-refractivity contribution in [3.63, 3.8) is 0 Å². The summed E-state index contributed by atoms with van der Waals surface area (Å²) in [5, 5.41) is 0. The molecule has 2 rings (SSSR count). The topological polar surface area (TPSA) is 92.3 Å². The van der Waals surface area contributed by atoms with Crippen LogP contribution < -0.4 is 9.44 Å². The Morgan fingerprint density at radius 3 is 1.33 bits per heavy atom. The number of rotatable bonds is 8. The Bertz CT molecular complexity index is 946. The van der Waals surface area contributed by atoms with Crippen molar-refractivity contribution >= 4 is 20.0 Å². The molecule has 2 N–H and O–H groups in total. The zero-order chi connectivity index (χ0) is 20.2. The highest BCUT2D eigenvalue weighted by atomic mass is 32.2. The first-order chi connectivity index (χ1) is 12.5. The van der Waals surface area contributed by atoms with E-state index in [-0.39, 0.29) is 22.9 Å². The molecule has 0 saturated heterocycles. The molecule has 0 radical (unpaired) electrons. The van der Waals surface area contributed by atoms with Gasteiger partial charge in [-0.2, -0.15) is 0 Å². The molecule has 2 aromatic carbocycles. The summed E-state index contributed by atoms with van der Waals surface area (Å²) in [7, 11) is -7.21. The zero-order valence-electron chi connectivity index (χ0n) is 16.0. The van der Waals surface area contributed by atoms with Crippen LogP contribution in [0.15, 0.2) is 46.2 Å². The van der Waals surface area contributed by atoms with Gasteiger partial charge in [0.2, 0.25) is 20.0 Å². The highest BCUT2D eigenvalue weighted by Gasteiger charge is 2.16. The number of benzene rings is 2. The lowest BCUT2D eigenvalue weighted by Gasteiger charge is -2.10. The van der Waals surface area contributed by atoms with Gasteiger partial charge in [-0.25, -0.2) is 26.3 Å². The van der Waals surface area contributed by atoms with Crippen LogP contribution in [0.4, 0.5) is 0 Å². The maximum absolute atomic E-state index is 12.3. The SMILES string of the molecule is Cc1ccc(S(=O)(=O)NCCCNS(=O)(=O)c2ccc(C)c(C)c2)cc1C. The molecular weight excluding hydrogens is 384 g/mol. The van der Waals surface area contributed by atoms with Crippen molar-refractivity contribution in [3.05, 3.63) is 58.7 Å². The number of sulfonamides is 2. The second kappa shape index (κ2) is 8.52. The van der Waals surface area contributed by atoms with Crippen LogP contribution in [-0.4, -0.2) is 29.9 Å². The summed E-state index contributed by atoms with van der Waals surface area (Å²) in [6.07, 6.45) is 0.341. The third kappa shape index (κ3) is 5.62. The van der Waals surface area contributed by atoms with Crippen LogP contribution in [0.1, 0.15) is 28.7 Å². The van der Waals surface area contributed by atoms with Crippen molar-refractivity contribution in [2.24, 2.45) is 0 Å². The molecule has 6 nitrogen and oxygen atoms in total. The molecule has 0 atom stereocenters. The number of hydrogen-bond donors (Lipinski definition) is 2. The predicted molar refractivity (Wildman–Crippen MR) is 107 cm³/mol. The first-order valence-corrected chi connectivity index (χ1v) is 11.6. The number of nitrogens with one attached hydrogen (secondary N) is 2. The Morgan fingerprint density at radius 1 is 0.630 bits per heavy atom. The summed E-state index contributed by atoms with van der Waals surface area (Å²) in [5.74, 6) is 0. The van der Waals surface area contributed by atoms with E-state index in [1.807, 2.05) is 27.7 Å². The van der Waals surface area contributed by atoms with Crippen LogP contribution in [0.25, 0.3) is 0 Å². The van der Waals surface area contributed by atoms with Gasteiger partial charge in [0.15, 0.2) is 0 Å². The molecule has 0 unspecified atom stereocenters. The van der Waals surface area contributed by atoms with E-state index in [2.05, 4.69) is 9.44 Å². The highest BCUT2D eigenvalue weighted by Crippen LogP contribution is 2.15. The summed E-state index contributed by atoms with van der Waals surface area (Å²) >= 11 is 0. The van der Waals surface area contributed by atoms with Gasteiger partial charge in [0.1, 0.15) is 0 Å². The van der Waals surface area contributed by atoms with Gasteiger partial charge in [-0.1, -0.05) is 12.1 Å². The van der Waals surface area contributed by atoms with Gasteiger partial charge in [0.05, 0.1) is 9.79 Å². The van der Waals surface area contributed by atoms with E-state index in [1.54, 1.807) is 36.4 Å². The molecule has 2 aromatic rings. The Morgan fingerprint density at radius 2 is 1.00 bits per heavy atom. The normalized spacial score (nSPS) is 12.3. The van der Waals surface area contributed by atoms with Crippen LogP contribution in [0.5, 0.6) is 0 Å². The summed E-state index contributed by atoms with van der Waals surface area (Å²) in [6.45, 7) is 7.84. The lowest BCUT2D eigenvalue weighted by atomic mass is 10.1. The van der Waals surface area contributed by atoms with Gasteiger partial charge >= 0.3 is 0 Å². The lowest BCUT2D eigenvalue weighted by molar-refractivity contribution is 0.572. The Labute approximate surface area is 162 Å². The monoisotopic (exact) mass is 410 g/mol. The minimum Gasteiger partial charge on any atom is -0.211 e. The fourth-order valence-corrected chi connectivity index (χ4v) is 4.75. The van der Waals surface area contributed by atoms with E-state index < -0.39 is 20.0 Å². The molecule has 0 aliphatic rings. The molecule has 0 aliphatic heterocycles. The van der Waals surface area contributed by atoms with E-state index in [1.165, 1.54) is 0 Å². The predicted octanol–water partition coefficient (Wildman–Crippen LogP) is 2.57. The van der Waals surface area contributed by atoms with Crippen LogP contribution in [0, 0.1) is 27.7 Å². The molecule has 0 aliphatic carbocycles. The van der Waals surface area contributed by atoms with Crippen LogP contribution in [-0.2, 0) is 20.0 Å². The molecule has 8 heteroatoms. The highest BCUT2D eigenvalue weighted by molar-refractivity contribution is 7.89. The van der Waals surface area contributed by atoms with E-state index in [9.17, 15) is 16.8 Å². The summed E-state index contributed by atoms with van der Waals surface area (Å²) in [6, 6.07) is 9.91. The molecule has 0 aromatic heterocycles. The first-order valence-electron chi connectivity index (χ1n) is 8.67. The van der Waals surface area contributed by atoms with Gasteiger partial charge in [0.25, 0.3) is 0 Å². The Kier molecular flexibility index (Phi) is 6.80. The van der Waals surface area contributed by atoms with Crippen LogP contribution in [0.2, 0.25) is 0 Å². The molecule has 148 valence electrons. The molecule has 0 fully saturated rings. The fraction of sp³-hybridized carbons (Fsp3) is 0.368. The van der Waals surface area contributed by atoms with Crippen molar-refractivity contribution in [1.29, 1.82) is 0 Å². The minimum absolute atomic E-state index is 0.144. The van der Waals surface area contributed by atoms with Gasteiger partial charge < -0.3 is 0 Å². The summed E-state index contributed by atoms with van der Waals surface area (Å²) < 4.78 is 54.2. The third-order valence-corrected chi connectivity index (χ3v) is 7.43. The third-order valence-electron chi connectivity index (χ3n) is 4.52. The maximum Gasteiger partial charge on any atom is 0.240 e. The molecule has 0 amide bonds. The second-order valence-corrected chi connectivity index (χ2v) is 10.2. The molecule has 0 bridgehead atoms. The Balaban J connectivity index is 1.89.